The zero-order valence-electron chi connectivity index (χ0n) is 30.9. The third-order valence-corrected chi connectivity index (χ3v) is 13.2. The van der Waals surface area contributed by atoms with E-state index < -0.39 is 68.1 Å². The number of likely N-dealkylation sites (tertiary alicyclic amines) is 1. The maximum Gasteiger partial charge on any atom is 0.287 e. The molecular formula is C39H50N6O8S. The summed E-state index contributed by atoms with van der Waals surface area (Å²) in [4.78, 5) is 69.8. The van der Waals surface area contributed by atoms with Crippen LogP contribution in [-0.2, 0) is 34.6 Å². The minimum atomic E-state index is -3.51. The van der Waals surface area contributed by atoms with Crippen LogP contribution in [0.1, 0.15) is 107 Å². The summed E-state index contributed by atoms with van der Waals surface area (Å²) in [6.45, 7) is 3.18. The number of Topliss-reactive ketones (excluding diaryl/α,β-unsaturated/α-hetero) is 2. The SMILES string of the molecule is CC(C)(O)c1cnnn1[C@H]1C[C@@H](C(=O)NC2(C(=O)C(N)=O)CCS(=O)(=O)CC2)N(C(=O)[C@H](CCC(=O)c2ccc3ccccc3c2)CC2CCCCC2)C1. The molecule has 0 spiro atoms. The number of benzene rings is 2. The molecule has 6 rings (SSSR count). The summed E-state index contributed by atoms with van der Waals surface area (Å²) in [7, 11) is -3.51. The monoisotopic (exact) mass is 762 g/mol. The second kappa shape index (κ2) is 15.7. The molecule has 15 heteroatoms. The molecule has 3 fully saturated rings. The number of primary amides is 1. The highest BCUT2D eigenvalue weighted by atomic mass is 32.2. The maximum atomic E-state index is 14.9. The fourth-order valence-corrected chi connectivity index (χ4v) is 10.0. The van der Waals surface area contributed by atoms with Gasteiger partial charge in [0, 0.05) is 30.9 Å². The van der Waals surface area contributed by atoms with Gasteiger partial charge in [0.05, 0.1) is 29.4 Å². The molecule has 0 unspecified atom stereocenters. The Morgan fingerprint density at radius 3 is 2.37 bits per heavy atom. The molecule has 0 radical (unpaired) electrons. The average molecular weight is 763 g/mol. The van der Waals surface area contributed by atoms with Gasteiger partial charge in [-0.2, -0.15) is 0 Å². The average Bonchev–Trinajstić information content (AvgIpc) is 3.83. The van der Waals surface area contributed by atoms with Gasteiger partial charge in [-0.3, -0.25) is 24.0 Å². The molecule has 1 aliphatic carbocycles. The maximum absolute atomic E-state index is 14.9. The van der Waals surface area contributed by atoms with Crippen LogP contribution in [0.25, 0.3) is 10.8 Å². The standard InChI is InChI=1S/C39H50N6O8S/c1-38(2,51)33-23-41-43-45(33)30-22-31(36(49)42-39(34(47)35(40)48)16-18-54(52,53)19-17-39)44(24-30)37(50)29(20-25-8-4-3-5-9-25)14-15-32(46)28-13-12-26-10-6-7-11-27(26)21-28/h6-7,10-13,21,23,25,29-31,51H,3-5,8-9,14-20,22,24H2,1-2H3,(H2,40,48)(H,42,49)/t29-,30+,31+/m1/s1. The zero-order valence-corrected chi connectivity index (χ0v) is 31.7. The molecule has 3 atom stereocenters. The van der Waals surface area contributed by atoms with Crippen LogP contribution in [0.4, 0.5) is 0 Å². The highest BCUT2D eigenvalue weighted by molar-refractivity contribution is 7.91. The van der Waals surface area contributed by atoms with E-state index in [4.69, 9.17) is 5.73 Å². The lowest BCUT2D eigenvalue weighted by Gasteiger charge is -2.37. The number of nitrogens with two attached hydrogens (primary N) is 1. The van der Waals surface area contributed by atoms with Crippen molar-refractivity contribution >= 4 is 49.9 Å². The second-order valence-electron chi connectivity index (χ2n) is 15.9. The van der Waals surface area contributed by atoms with Crippen LogP contribution in [-0.4, -0.2) is 92.3 Å². The Bertz CT molecular complexity index is 2020. The second-order valence-corrected chi connectivity index (χ2v) is 18.2. The summed E-state index contributed by atoms with van der Waals surface area (Å²) in [6, 6.07) is 11.6. The minimum Gasteiger partial charge on any atom is -0.384 e. The first-order valence-corrected chi connectivity index (χ1v) is 20.7. The van der Waals surface area contributed by atoms with Crippen LogP contribution in [0.2, 0.25) is 0 Å². The first kappa shape index (κ1) is 39.2. The van der Waals surface area contributed by atoms with Crippen molar-refractivity contribution in [2.75, 3.05) is 18.1 Å². The van der Waals surface area contributed by atoms with Crippen molar-refractivity contribution in [2.24, 2.45) is 17.6 Å². The highest BCUT2D eigenvalue weighted by Gasteiger charge is 2.50. The number of carbonyl (C=O) groups is 5. The molecule has 3 aliphatic rings. The summed E-state index contributed by atoms with van der Waals surface area (Å²) < 4.78 is 26.2. The number of fused-ring (bicyclic) bond motifs is 1. The van der Waals surface area contributed by atoms with Crippen LogP contribution in [0.15, 0.2) is 48.7 Å². The van der Waals surface area contributed by atoms with E-state index in [9.17, 15) is 37.5 Å². The van der Waals surface area contributed by atoms with Crippen LogP contribution < -0.4 is 11.1 Å². The Morgan fingerprint density at radius 1 is 1.02 bits per heavy atom. The van der Waals surface area contributed by atoms with Crippen LogP contribution >= 0.6 is 0 Å². The fourth-order valence-electron chi connectivity index (χ4n) is 8.50. The molecular weight excluding hydrogens is 713 g/mol. The van der Waals surface area contributed by atoms with E-state index in [1.54, 1.807) is 19.9 Å². The van der Waals surface area contributed by atoms with Crippen LogP contribution in [0, 0.1) is 11.8 Å². The smallest absolute Gasteiger partial charge is 0.287 e. The van der Waals surface area contributed by atoms with Gasteiger partial charge in [-0.1, -0.05) is 73.7 Å². The molecule has 0 bridgehead atoms. The zero-order chi connectivity index (χ0) is 38.8. The number of amides is 3. The number of ketones is 2. The largest absolute Gasteiger partial charge is 0.384 e. The molecule has 3 heterocycles. The molecule has 3 amide bonds. The summed E-state index contributed by atoms with van der Waals surface area (Å²) >= 11 is 0. The predicted octanol–water partition coefficient (Wildman–Crippen LogP) is 3.17. The first-order valence-electron chi connectivity index (χ1n) is 18.9. The number of aromatic nitrogens is 3. The molecule has 14 nitrogen and oxygen atoms in total. The number of aliphatic hydroxyl groups is 1. The molecule has 54 heavy (non-hydrogen) atoms. The number of hydrogen-bond acceptors (Lipinski definition) is 10. The van der Waals surface area contributed by atoms with Gasteiger partial charge in [0.2, 0.25) is 17.6 Å². The van der Waals surface area contributed by atoms with Gasteiger partial charge in [0.15, 0.2) is 15.6 Å². The van der Waals surface area contributed by atoms with Crippen molar-refractivity contribution in [2.45, 2.75) is 108 Å². The number of nitrogens with one attached hydrogen (secondary N) is 1. The predicted molar refractivity (Wildman–Crippen MR) is 200 cm³/mol. The lowest BCUT2D eigenvalue weighted by Crippen LogP contribution is -2.64. The molecule has 2 saturated heterocycles. The number of sulfone groups is 1. The van der Waals surface area contributed by atoms with Gasteiger partial charge < -0.3 is 21.1 Å². The summed E-state index contributed by atoms with van der Waals surface area (Å²) in [5.74, 6) is -4.71. The third-order valence-electron chi connectivity index (χ3n) is 11.6. The van der Waals surface area contributed by atoms with Crippen molar-refractivity contribution in [1.29, 1.82) is 0 Å². The van der Waals surface area contributed by atoms with E-state index in [-0.39, 0.29) is 56.3 Å². The topological polar surface area (TPSA) is 212 Å². The van der Waals surface area contributed by atoms with Crippen LogP contribution in [0.5, 0.6) is 0 Å². The summed E-state index contributed by atoms with van der Waals surface area (Å²) in [5, 5.41) is 23.8. The highest BCUT2D eigenvalue weighted by Crippen LogP contribution is 2.37. The quantitative estimate of drug-likeness (QED) is 0.171. The van der Waals surface area contributed by atoms with Gasteiger partial charge in [0.1, 0.15) is 17.2 Å². The Hall–Kier alpha value is -4.50. The van der Waals surface area contributed by atoms with Gasteiger partial charge in [0.25, 0.3) is 5.91 Å². The molecule has 4 N–H and O–H groups in total. The third kappa shape index (κ3) is 8.57. The lowest BCUT2D eigenvalue weighted by atomic mass is 9.80. The van der Waals surface area contributed by atoms with E-state index in [0.717, 1.165) is 42.9 Å². The van der Waals surface area contributed by atoms with Gasteiger partial charge >= 0.3 is 0 Å². The molecule has 290 valence electrons. The van der Waals surface area contributed by atoms with Crippen molar-refractivity contribution in [1.82, 2.24) is 25.2 Å². The molecule has 3 aromatic rings. The van der Waals surface area contributed by atoms with E-state index >= 15 is 0 Å². The molecule has 1 aromatic heterocycles. The Kier molecular flexibility index (Phi) is 11.4. The fraction of sp³-hybridized carbons (Fsp3) is 0.564. The number of carbonyl (C=O) groups excluding carboxylic acids is 5. The van der Waals surface area contributed by atoms with E-state index in [1.807, 2.05) is 36.4 Å². The lowest BCUT2D eigenvalue weighted by molar-refractivity contribution is -0.146. The number of hydrogen-bond donors (Lipinski definition) is 3. The molecule has 2 aliphatic heterocycles. The van der Waals surface area contributed by atoms with Crippen molar-refractivity contribution in [3.8, 4) is 0 Å². The number of rotatable bonds is 13. The summed E-state index contributed by atoms with van der Waals surface area (Å²) in [6.07, 6.45) is 6.87. The molecule has 2 aromatic carbocycles. The molecule has 1 saturated carbocycles. The van der Waals surface area contributed by atoms with Gasteiger partial charge in [-0.15, -0.1) is 5.10 Å². The Morgan fingerprint density at radius 2 is 1.70 bits per heavy atom. The van der Waals surface area contributed by atoms with Crippen LogP contribution in [0.3, 0.4) is 0 Å². The van der Waals surface area contributed by atoms with E-state index in [1.165, 1.54) is 15.8 Å². The number of nitrogens with zero attached hydrogens (tertiary/aromatic N) is 4. The van der Waals surface area contributed by atoms with E-state index in [2.05, 4.69) is 15.6 Å². The first-order chi connectivity index (χ1) is 25.6. The normalized spacial score (nSPS) is 22.1. The van der Waals surface area contributed by atoms with Crippen molar-refractivity contribution in [3.05, 3.63) is 59.9 Å². The van der Waals surface area contributed by atoms with Gasteiger partial charge in [-0.25, -0.2) is 13.1 Å². The van der Waals surface area contributed by atoms with Crippen molar-refractivity contribution in [3.63, 3.8) is 0 Å². The minimum absolute atomic E-state index is 0.0221. The van der Waals surface area contributed by atoms with E-state index in [0.29, 0.717) is 17.7 Å². The summed E-state index contributed by atoms with van der Waals surface area (Å²) in [5.41, 5.74) is 3.13. The van der Waals surface area contributed by atoms with Gasteiger partial charge in [-0.05, 0) is 62.3 Å². The Balaban J connectivity index is 1.30. The Labute approximate surface area is 315 Å². The van der Waals surface area contributed by atoms with Crippen molar-refractivity contribution < 1.29 is 37.5 Å².